The maximum absolute atomic E-state index is 5.61. The minimum absolute atomic E-state index is 0.335. The van der Waals surface area contributed by atoms with Gasteiger partial charge < -0.3 is 15.0 Å². The van der Waals surface area contributed by atoms with Crippen LogP contribution in [-0.2, 0) is 0 Å². The summed E-state index contributed by atoms with van der Waals surface area (Å²) >= 11 is 3.34. The fourth-order valence-electron chi connectivity index (χ4n) is 1.39. The fraction of sp³-hybridized carbons (Fsp3) is 0.182. The van der Waals surface area contributed by atoms with Gasteiger partial charge >= 0.3 is 0 Å². The monoisotopic (exact) mass is 282 g/mol. The third kappa shape index (κ3) is 1.90. The number of hydrogen-bond acceptors (Lipinski definition) is 4. The molecule has 0 saturated heterocycles. The number of benzene rings is 1. The van der Waals surface area contributed by atoms with E-state index in [1.54, 1.807) is 0 Å². The average Bonchev–Trinajstić information content (AvgIpc) is 2.61. The predicted octanol–water partition coefficient (Wildman–Crippen LogP) is 3.09. The molecule has 2 rings (SSSR count). The molecule has 0 radical (unpaired) electrons. The highest BCUT2D eigenvalue weighted by atomic mass is 79.9. The Hall–Kier alpha value is -1.49. The van der Waals surface area contributed by atoms with Gasteiger partial charge in [0.05, 0.1) is 12.2 Å². The van der Waals surface area contributed by atoms with Crippen LogP contribution < -0.4 is 10.5 Å². The molecule has 0 fully saturated rings. The van der Waals surface area contributed by atoms with Crippen LogP contribution in [0.1, 0.15) is 6.92 Å². The van der Waals surface area contributed by atoms with Gasteiger partial charge in [-0.3, -0.25) is 0 Å². The highest BCUT2D eigenvalue weighted by molar-refractivity contribution is 9.10. The van der Waals surface area contributed by atoms with Crippen LogP contribution in [0, 0.1) is 0 Å². The molecule has 0 bridgehead atoms. The zero-order valence-electron chi connectivity index (χ0n) is 8.74. The third-order valence-corrected chi connectivity index (χ3v) is 2.86. The largest absolute Gasteiger partial charge is 0.493 e. The number of aromatic nitrogens is 1. The van der Waals surface area contributed by atoms with Crippen molar-refractivity contribution < 1.29 is 9.26 Å². The van der Waals surface area contributed by atoms with Crippen LogP contribution in [-0.4, -0.2) is 11.8 Å². The molecule has 0 atom stereocenters. The van der Waals surface area contributed by atoms with Crippen molar-refractivity contribution in [3.8, 4) is 17.1 Å². The van der Waals surface area contributed by atoms with Crippen LogP contribution in [0.5, 0.6) is 5.75 Å². The summed E-state index contributed by atoms with van der Waals surface area (Å²) in [6.45, 7) is 2.53. The fourth-order valence-corrected chi connectivity index (χ4v) is 1.75. The number of nitrogens with zero attached hydrogens (tertiary/aromatic N) is 1. The summed E-state index contributed by atoms with van der Waals surface area (Å²) < 4.78 is 11.3. The van der Waals surface area contributed by atoms with Gasteiger partial charge in [-0.25, -0.2) is 0 Å². The Morgan fingerprint density at radius 2 is 2.19 bits per heavy atom. The number of hydrogen-bond donors (Lipinski definition) is 1. The van der Waals surface area contributed by atoms with Crippen molar-refractivity contribution in [2.24, 2.45) is 0 Å². The Kier molecular flexibility index (Phi) is 3.14. The minimum Gasteiger partial charge on any atom is -0.493 e. The predicted molar refractivity (Wildman–Crippen MR) is 65.2 cm³/mol. The van der Waals surface area contributed by atoms with Gasteiger partial charge in [0.2, 0.25) is 0 Å². The Morgan fingerprint density at radius 3 is 2.81 bits per heavy atom. The second-order valence-electron chi connectivity index (χ2n) is 3.14. The molecule has 0 amide bonds. The van der Waals surface area contributed by atoms with E-state index in [0.29, 0.717) is 22.7 Å². The number of halogens is 1. The van der Waals surface area contributed by atoms with E-state index < -0.39 is 0 Å². The molecule has 16 heavy (non-hydrogen) atoms. The molecule has 1 heterocycles. The first-order valence-corrected chi connectivity index (χ1v) is 5.66. The van der Waals surface area contributed by atoms with Crippen molar-refractivity contribution in [2.45, 2.75) is 6.92 Å². The molecule has 5 heteroatoms. The van der Waals surface area contributed by atoms with Gasteiger partial charge in [0, 0.05) is 0 Å². The van der Waals surface area contributed by atoms with Gasteiger partial charge in [-0.15, -0.1) is 0 Å². The summed E-state index contributed by atoms with van der Waals surface area (Å²) in [6.07, 6.45) is 0. The lowest BCUT2D eigenvalue weighted by molar-refractivity contribution is 0.339. The second-order valence-corrected chi connectivity index (χ2v) is 3.93. The minimum atomic E-state index is 0.335. The van der Waals surface area contributed by atoms with Crippen LogP contribution in [0.25, 0.3) is 11.3 Å². The molecule has 0 aliphatic rings. The van der Waals surface area contributed by atoms with Crippen LogP contribution in [0.4, 0.5) is 5.82 Å². The van der Waals surface area contributed by atoms with Gasteiger partial charge in [0.15, 0.2) is 11.6 Å². The summed E-state index contributed by atoms with van der Waals surface area (Å²) in [6, 6.07) is 7.59. The van der Waals surface area contributed by atoms with E-state index in [4.69, 9.17) is 15.0 Å². The highest BCUT2D eigenvalue weighted by Crippen LogP contribution is 2.37. The summed E-state index contributed by atoms with van der Waals surface area (Å²) in [5, 5.41) is 3.69. The lowest BCUT2D eigenvalue weighted by Crippen LogP contribution is -1.93. The second kappa shape index (κ2) is 4.57. The molecule has 0 saturated carbocycles. The van der Waals surface area contributed by atoms with Crippen LogP contribution in [0.15, 0.2) is 33.3 Å². The Morgan fingerprint density at radius 1 is 1.44 bits per heavy atom. The Balaban J connectivity index is 2.51. The maximum atomic E-state index is 5.61. The van der Waals surface area contributed by atoms with Crippen molar-refractivity contribution in [2.75, 3.05) is 12.3 Å². The quantitative estimate of drug-likeness (QED) is 0.940. The number of nitrogens with two attached hydrogens (primary N) is 1. The normalized spacial score (nSPS) is 10.4. The molecule has 4 nitrogen and oxygen atoms in total. The van der Waals surface area contributed by atoms with Gasteiger partial charge in [-0.05, 0) is 35.0 Å². The summed E-state index contributed by atoms with van der Waals surface area (Å²) in [4.78, 5) is 0. The summed E-state index contributed by atoms with van der Waals surface area (Å²) in [7, 11) is 0. The zero-order chi connectivity index (χ0) is 11.5. The molecule has 0 aliphatic carbocycles. The van der Waals surface area contributed by atoms with Gasteiger partial charge in [0.25, 0.3) is 0 Å². The van der Waals surface area contributed by atoms with Crippen LogP contribution in [0.3, 0.4) is 0 Å². The topological polar surface area (TPSA) is 61.3 Å². The molecule has 2 N–H and O–H groups in total. The van der Waals surface area contributed by atoms with Crippen molar-refractivity contribution in [3.05, 3.63) is 28.7 Å². The van der Waals surface area contributed by atoms with E-state index in [9.17, 15) is 0 Å². The number of ether oxygens (including phenoxy) is 1. The van der Waals surface area contributed by atoms with Crippen molar-refractivity contribution in [1.29, 1.82) is 0 Å². The number of nitrogen functional groups attached to an aromatic ring is 1. The lowest BCUT2D eigenvalue weighted by atomic mass is 10.1. The van der Waals surface area contributed by atoms with Gasteiger partial charge in [-0.2, -0.15) is 0 Å². The van der Waals surface area contributed by atoms with Crippen LogP contribution in [0.2, 0.25) is 0 Å². The number of anilines is 1. The summed E-state index contributed by atoms with van der Waals surface area (Å²) in [5.74, 6) is 1.67. The number of para-hydroxylation sites is 1. The molecular formula is C11H11BrN2O2. The highest BCUT2D eigenvalue weighted by Gasteiger charge is 2.16. The van der Waals surface area contributed by atoms with E-state index in [0.717, 1.165) is 11.3 Å². The average molecular weight is 283 g/mol. The van der Waals surface area contributed by atoms with Crippen LogP contribution >= 0.6 is 15.9 Å². The van der Waals surface area contributed by atoms with E-state index >= 15 is 0 Å². The first kappa shape index (κ1) is 11.0. The molecule has 1 aromatic carbocycles. The Labute approximate surface area is 102 Å². The van der Waals surface area contributed by atoms with Crippen molar-refractivity contribution >= 4 is 21.7 Å². The summed E-state index contributed by atoms with van der Waals surface area (Å²) in [5.41, 5.74) is 6.44. The molecule has 2 aromatic rings. The van der Waals surface area contributed by atoms with Gasteiger partial charge in [0.1, 0.15) is 10.2 Å². The smallest absolute Gasteiger partial charge is 0.187 e. The molecule has 84 valence electrons. The van der Waals surface area contributed by atoms with E-state index in [2.05, 4.69) is 21.1 Å². The maximum Gasteiger partial charge on any atom is 0.187 e. The standard InChI is InChI=1S/C11H11BrN2O2/c1-2-15-8-6-4-3-5-7(8)10-9(12)11(13)14-16-10/h3-6H,2H2,1H3,(H2,13,14). The molecule has 0 spiro atoms. The zero-order valence-corrected chi connectivity index (χ0v) is 10.3. The molecular weight excluding hydrogens is 272 g/mol. The van der Waals surface area contributed by atoms with E-state index in [-0.39, 0.29) is 0 Å². The van der Waals surface area contributed by atoms with Crippen molar-refractivity contribution in [1.82, 2.24) is 5.16 Å². The lowest BCUT2D eigenvalue weighted by Gasteiger charge is -2.07. The van der Waals surface area contributed by atoms with E-state index in [1.165, 1.54) is 0 Å². The Bertz CT molecular complexity index is 496. The van der Waals surface area contributed by atoms with Gasteiger partial charge in [-0.1, -0.05) is 17.3 Å². The van der Waals surface area contributed by atoms with Crippen molar-refractivity contribution in [3.63, 3.8) is 0 Å². The third-order valence-electron chi connectivity index (χ3n) is 2.09. The molecule has 0 unspecified atom stereocenters. The SMILES string of the molecule is CCOc1ccccc1-c1onc(N)c1Br. The molecule has 1 aromatic heterocycles. The number of rotatable bonds is 3. The first-order valence-electron chi connectivity index (χ1n) is 4.87. The van der Waals surface area contributed by atoms with E-state index in [1.807, 2.05) is 31.2 Å². The first-order chi connectivity index (χ1) is 7.74. The molecule has 0 aliphatic heterocycles.